The number of ketones is 1. The number of hydrogen-bond acceptors (Lipinski definition) is 5. The third-order valence-electron chi connectivity index (χ3n) is 6.69. The van der Waals surface area contributed by atoms with Gasteiger partial charge in [0.25, 0.3) is 11.8 Å². The normalized spacial score (nSPS) is 15.4. The minimum atomic E-state index is -3.00. The molecule has 9 heteroatoms. The van der Waals surface area contributed by atoms with Crippen LogP contribution < -0.4 is 0 Å². The molecule has 0 N–H and O–H groups in total. The van der Waals surface area contributed by atoms with Gasteiger partial charge in [-0.25, -0.2) is 13.8 Å². The molecule has 1 aliphatic rings. The summed E-state index contributed by atoms with van der Waals surface area (Å²) in [6, 6.07) is 9.56. The van der Waals surface area contributed by atoms with E-state index in [1.807, 2.05) is 22.7 Å². The SMILES string of the molecule is CC#CC(=O)N1CC[C@@H](c2nc(-c3ccc(C(=O)Cc4cc(C(C)(F)F)ccn4)cc3)c3cnccn23)C1. The number of likely N-dealkylation sites (tertiary alicyclic amines) is 1. The molecule has 38 heavy (non-hydrogen) atoms. The molecule has 0 radical (unpaired) electrons. The van der Waals surface area contributed by atoms with Crippen LogP contribution in [0.2, 0.25) is 0 Å². The standard InChI is InChI=1S/C29H25F2N5O2/c1-3-4-26(38)35-13-10-21(18-35)28-34-27(24-17-32-12-14-36(24)28)20-7-5-19(6-8-20)25(37)16-23-15-22(9-11-33-23)29(2,30)31/h5-9,11-12,14-15,17,21H,10,13,16,18H2,1-2H3/t21-/m1/s1. The van der Waals surface area contributed by atoms with E-state index in [2.05, 4.69) is 21.8 Å². The van der Waals surface area contributed by atoms with Crippen molar-refractivity contribution >= 4 is 17.2 Å². The molecule has 1 amide bonds. The number of pyridine rings is 1. The number of imidazole rings is 1. The van der Waals surface area contributed by atoms with Crippen molar-refractivity contribution in [1.82, 2.24) is 24.3 Å². The van der Waals surface area contributed by atoms with Crippen LogP contribution in [-0.4, -0.2) is 49.0 Å². The van der Waals surface area contributed by atoms with Crippen LogP contribution in [0.15, 0.2) is 61.2 Å². The maximum absolute atomic E-state index is 13.7. The van der Waals surface area contributed by atoms with Gasteiger partial charge in [0.05, 0.1) is 23.8 Å². The number of hydrogen-bond donors (Lipinski definition) is 0. The first kappa shape index (κ1) is 25.2. The first-order chi connectivity index (χ1) is 18.2. The zero-order valence-electron chi connectivity index (χ0n) is 21.0. The summed E-state index contributed by atoms with van der Waals surface area (Å²) in [7, 11) is 0. The number of fused-ring (bicyclic) bond motifs is 1. The fraction of sp³-hybridized carbons (Fsp3) is 0.276. The Morgan fingerprint density at radius 3 is 2.68 bits per heavy atom. The molecule has 1 aliphatic heterocycles. The zero-order valence-corrected chi connectivity index (χ0v) is 21.0. The molecule has 5 rings (SSSR count). The molecule has 3 aromatic heterocycles. The Morgan fingerprint density at radius 2 is 1.95 bits per heavy atom. The van der Waals surface area contributed by atoms with Gasteiger partial charge in [-0.2, -0.15) is 0 Å². The van der Waals surface area contributed by atoms with Gasteiger partial charge in [0.15, 0.2) is 5.78 Å². The molecule has 0 bridgehead atoms. The van der Waals surface area contributed by atoms with E-state index >= 15 is 0 Å². The van der Waals surface area contributed by atoms with Crippen molar-refractivity contribution in [2.75, 3.05) is 13.1 Å². The fourth-order valence-electron chi connectivity index (χ4n) is 4.73. The van der Waals surface area contributed by atoms with Crippen LogP contribution in [0.4, 0.5) is 8.78 Å². The Labute approximate surface area is 218 Å². The third-order valence-corrected chi connectivity index (χ3v) is 6.69. The lowest BCUT2D eigenvalue weighted by Crippen LogP contribution is -2.27. The van der Waals surface area contributed by atoms with Crippen LogP contribution in [0.1, 0.15) is 53.6 Å². The van der Waals surface area contributed by atoms with Crippen LogP contribution >= 0.6 is 0 Å². The zero-order chi connectivity index (χ0) is 26.9. The minimum absolute atomic E-state index is 0.0564. The molecule has 192 valence electrons. The molecule has 1 fully saturated rings. The van der Waals surface area contributed by atoms with E-state index in [4.69, 9.17) is 4.98 Å². The van der Waals surface area contributed by atoms with Crippen molar-refractivity contribution in [2.45, 2.75) is 38.5 Å². The Kier molecular flexibility index (Phi) is 6.72. The third kappa shape index (κ3) is 5.02. The number of nitrogens with zero attached hydrogens (tertiary/aromatic N) is 5. The van der Waals surface area contributed by atoms with Gasteiger partial charge in [0, 0.05) is 66.9 Å². The molecule has 7 nitrogen and oxygen atoms in total. The molecule has 0 saturated carbocycles. The van der Waals surface area contributed by atoms with Gasteiger partial charge in [-0.15, -0.1) is 0 Å². The number of carbonyl (C=O) groups is 2. The van der Waals surface area contributed by atoms with E-state index in [0.717, 1.165) is 35.9 Å². The van der Waals surface area contributed by atoms with Crippen molar-refractivity contribution in [1.29, 1.82) is 0 Å². The molecule has 1 atom stereocenters. The molecular formula is C29H25F2N5O2. The van der Waals surface area contributed by atoms with Crippen LogP contribution in [0.5, 0.6) is 0 Å². The van der Waals surface area contributed by atoms with E-state index in [1.54, 1.807) is 36.4 Å². The fourth-order valence-corrected chi connectivity index (χ4v) is 4.73. The molecule has 4 aromatic rings. The van der Waals surface area contributed by atoms with E-state index < -0.39 is 5.92 Å². The van der Waals surface area contributed by atoms with E-state index in [1.165, 1.54) is 18.3 Å². The topological polar surface area (TPSA) is 80.5 Å². The van der Waals surface area contributed by atoms with Crippen molar-refractivity contribution in [2.24, 2.45) is 0 Å². The number of alkyl halides is 2. The Hall–Kier alpha value is -4.45. The number of halogens is 2. The van der Waals surface area contributed by atoms with Crippen molar-refractivity contribution in [3.63, 3.8) is 0 Å². The first-order valence-corrected chi connectivity index (χ1v) is 12.2. The molecule has 0 aliphatic carbocycles. The number of carbonyl (C=O) groups excluding carboxylic acids is 2. The second-order valence-corrected chi connectivity index (χ2v) is 9.36. The van der Waals surface area contributed by atoms with Crippen molar-refractivity contribution in [3.05, 3.63) is 83.8 Å². The van der Waals surface area contributed by atoms with E-state index in [0.29, 0.717) is 24.3 Å². The quantitative estimate of drug-likeness (QED) is 0.277. The number of amides is 1. The summed E-state index contributed by atoms with van der Waals surface area (Å²) in [6.07, 6.45) is 7.30. The summed E-state index contributed by atoms with van der Waals surface area (Å²) >= 11 is 0. The highest BCUT2D eigenvalue weighted by atomic mass is 19.3. The summed E-state index contributed by atoms with van der Waals surface area (Å²) in [5, 5.41) is 0. The Bertz CT molecular complexity index is 1580. The van der Waals surface area contributed by atoms with Gasteiger partial charge in [0.1, 0.15) is 5.82 Å². The maximum Gasteiger partial charge on any atom is 0.298 e. The average molecular weight is 514 g/mol. The summed E-state index contributed by atoms with van der Waals surface area (Å²) in [4.78, 5) is 40.1. The molecule has 4 heterocycles. The summed E-state index contributed by atoms with van der Waals surface area (Å²) in [6.45, 7) is 3.63. The van der Waals surface area contributed by atoms with Gasteiger partial charge < -0.3 is 4.90 Å². The number of rotatable bonds is 6. The van der Waals surface area contributed by atoms with Crippen LogP contribution in [0, 0.1) is 11.8 Å². The van der Waals surface area contributed by atoms with Crippen LogP contribution in [0.3, 0.4) is 0 Å². The first-order valence-electron chi connectivity index (χ1n) is 12.2. The highest BCUT2D eigenvalue weighted by molar-refractivity contribution is 5.98. The second kappa shape index (κ2) is 10.1. The van der Waals surface area contributed by atoms with E-state index in [9.17, 15) is 18.4 Å². The Morgan fingerprint density at radius 1 is 1.16 bits per heavy atom. The van der Waals surface area contributed by atoms with Gasteiger partial charge in [-0.1, -0.05) is 30.2 Å². The number of benzene rings is 1. The van der Waals surface area contributed by atoms with E-state index in [-0.39, 0.29) is 29.6 Å². The maximum atomic E-state index is 13.7. The van der Waals surface area contributed by atoms with Gasteiger partial charge in [-0.05, 0) is 31.4 Å². The predicted octanol–water partition coefficient (Wildman–Crippen LogP) is 4.67. The molecular weight excluding hydrogens is 488 g/mol. The van der Waals surface area contributed by atoms with Crippen molar-refractivity contribution in [3.8, 4) is 23.1 Å². The molecule has 1 saturated heterocycles. The van der Waals surface area contributed by atoms with Gasteiger partial charge in [0.2, 0.25) is 0 Å². The monoisotopic (exact) mass is 513 g/mol. The number of Topliss-reactive ketones (excluding diaryl/α,β-unsaturated/α-hetero) is 1. The average Bonchev–Trinajstić information content (AvgIpc) is 3.54. The number of aromatic nitrogens is 4. The summed E-state index contributed by atoms with van der Waals surface area (Å²) < 4.78 is 29.3. The van der Waals surface area contributed by atoms with Crippen LogP contribution in [0.25, 0.3) is 16.8 Å². The largest absolute Gasteiger partial charge is 0.331 e. The lowest BCUT2D eigenvalue weighted by atomic mass is 10.0. The van der Waals surface area contributed by atoms with Gasteiger partial charge in [-0.3, -0.25) is 24.0 Å². The molecule has 0 unspecified atom stereocenters. The summed E-state index contributed by atoms with van der Waals surface area (Å²) in [5.41, 5.74) is 2.93. The molecule has 1 aromatic carbocycles. The van der Waals surface area contributed by atoms with Gasteiger partial charge >= 0.3 is 0 Å². The molecule has 0 spiro atoms. The summed E-state index contributed by atoms with van der Waals surface area (Å²) in [5.74, 6) is 2.76. The highest BCUT2D eigenvalue weighted by Crippen LogP contribution is 2.32. The highest BCUT2D eigenvalue weighted by Gasteiger charge is 2.30. The predicted molar refractivity (Wildman–Crippen MR) is 138 cm³/mol. The lowest BCUT2D eigenvalue weighted by Gasteiger charge is -2.12. The van der Waals surface area contributed by atoms with Crippen LogP contribution in [-0.2, 0) is 17.1 Å². The minimum Gasteiger partial charge on any atom is -0.331 e. The smallest absolute Gasteiger partial charge is 0.298 e. The van der Waals surface area contributed by atoms with Crippen molar-refractivity contribution < 1.29 is 18.4 Å². The Balaban J connectivity index is 1.38. The lowest BCUT2D eigenvalue weighted by molar-refractivity contribution is -0.124. The second-order valence-electron chi connectivity index (χ2n) is 9.36.